The van der Waals surface area contributed by atoms with E-state index < -0.39 is 5.41 Å². The Kier molecular flexibility index (Phi) is 5.82. The first-order chi connectivity index (χ1) is 15.3. The van der Waals surface area contributed by atoms with Crippen LogP contribution in [-0.4, -0.2) is 89.8 Å². The molecule has 0 spiro atoms. The Bertz CT molecular complexity index is 1010. The summed E-state index contributed by atoms with van der Waals surface area (Å²) in [6.45, 7) is 1.41. The van der Waals surface area contributed by atoms with Gasteiger partial charge < -0.3 is 19.4 Å². The predicted octanol–water partition coefficient (Wildman–Crippen LogP) is 0.717. The van der Waals surface area contributed by atoms with E-state index >= 15 is 0 Å². The molecule has 0 N–H and O–H groups in total. The Balaban J connectivity index is 1.51. The van der Waals surface area contributed by atoms with Gasteiger partial charge in [0, 0.05) is 58.6 Å². The van der Waals surface area contributed by atoms with Crippen molar-refractivity contribution in [3.63, 3.8) is 0 Å². The SMILES string of the molecule is COc1ccc(CC(=O)N2CC3CN(C(=O)c4cnccn4)CC3(C(=O)N(C)C)C2)cc1. The molecule has 1 aromatic carbocycles. The zero-order valence-electron chi connectivity index (χ0n) is 18.5. The Labute approximate surface area is 187 Å². The normalized spacial score (nSPS) is 21.9. The van der Waals surface area contributed by atoms with Crippen molar-refractivity contribution in [2.75, 3.05) is 47.4 Å². The highest BCUT2D eigenvalue weighted by molar-refractivity contribution is 5.94. The van der Waals surface area contributed by atoms with Gasteiger partial charge in [0.2, 0.25) is 11.8 Å². The molecule has 2 aliphatic heterocycles. The maximum Gasteiger partial charge on any atom is 0.274 e. The van der Waals surface area contributed by atoms with E-state index in [0.717, 1.165) is 11.3 Å². The number of rotatable bonds is 5. The maximum atomic E-state index is 13.3. The molecule has 2 unspecified atom stereocenters. The highest BCUT2D eigenvalue weighted by atomic mass is 16.5. The number of amides is 3. The van der Waals surface area contributed by atoms with Crippen LogP contribution in [0.15, 0.2) is 42.9 Å². The van der Waals surface area contributed by atoms with Gasteiger partial charge in [0.15, 0.2) is 0 Å². The molecule has 0 radical (unpaired) electrons. The van der Waals surface area contributed by atoms with Gasteiger partial charge in [-0.2, -0.15) is 0 Å². The standard InChI is InChI=1S/C23H27N5O4/c1-26(2)22(31)23-14-27(20(29)10-16-4-6-18(32-3)7-5-16)12-17(23)13-28(15-23)21(30)19-11-24-8-9-25-19/h4-9,11,17H,10,12-15H2,1-3H3. The fourth-order valence-electron chi connectivity index (χ4n) is 4.76. The van der Waals surface area contributed by atoms with Crippen LogP contribution in [-0.2, 0) is 16.0 Å². The van der Waals surface area contributed by atoms with E-state index in [1.807, 2.05) is 24.3 Å². The van der Waals surface area contributed by atoms with Gasteiger partial charge in [0.1, 0.15) is 11.4 Å². The van der Waals surface area contributed by atoms with Crippen molar-refractivity contribution in [2.24, 2.45) is 11.3 Å². The molecule has 1 aromatic heterocycles. The number of likely N-dealkylation sites (tertiary alicyclic amines) is 2. The van der Waals surface area contributed by atoms with Gasteiger partial charge in [0.05, 0.1) is 25.1 Å². The lowest BCUT2D eigenvalue weighted by Gasteiger charge is -2.30. The van der Waals surface area contributed by atoms with Crippen LogP contribution >= 0.6 is 0 Å². The van der Waals surface area contributed by atoms with E-state index in [-0.39, 0.29) is 42.3 Å². The van der Waals surface area contributed by atoms with E-state index in [2.05, 4.69) is 9.97 Å². The summed E-state index contributed by atoms with van der Waals surface area (Å²) in [6, 6.07) is 7.40. The summed E-state index contributed by atoms with van der Waals surface area (Å²) in [4.78, 5) is 52.3. The second-order valence-corrected chi connectivity index (χ2v) is 8.63. The molecule has 0 bridgehead atoms. The number of aromatic nitrogens is 2. The van der Waals surface area contributed by atoms with Crippen LogP contribution in [0.25, 0.3) is 0 Å². The van der Waals surface area contributed by atoms with Gasteiger partial charge in [-0.3, -0.25) is 19.4 Å². The highest BCUT2D eigenvalue weighted by Crippen LogP contribution is 2.44. The minimum atomic E-state index is -0.809. The molecule has 2 saturated heterocycles. The average Bonchev–Trinajstić information content (AvgIpc) is 3.35. The molecular formula is C23H27N5O4. The second kappa shape index (κ2) is 8.57. The third-order valence-electron chi connectivity index (χ3n) is 6.38. The van der Waals surface area contributed by atoms with Crippen LogP contribution in [0.3, 0.4) is 0 Å². The smallest absolute Gasteiger partial charge is 0.274 e. The van der Waals surface area contributed by atoms with E-state index in [1.165, 1.54) is 18.6 Å². The molecule has 9 heteroatoms. The van der Waals surface area contributed by atoms with E-state index in [9.17, 15) is 14.4 Å². The van der Waals surface area contributed by atoms with Crippen LogP contribution in [0.2, 0.25) is 0 Å². The van der Waals surface area contributed by atoms with Crippen molar-refractivity contribution >= 4 is 17.7 Å². The lowest BCUT2D eigenvalue weighted by Crippen LogP contribution is -2.48. The first kappa shape index (κ1) is 21.7. The van der Waals surface area contributed by atoms with Gasteiger partial charge in [-0.15, -0.1) is 0 Å². The Hall–Kier alpha value is -3.49. The molecule has 0 saturated carbocycles. The van der Waals surface area contributed by atoms with Gasteiger partial charge in [0.25, 0.3) is 5.91 Å². The van der Waals surface area contributed by atoms with Crippen molar-refractivity contribution < 1.29 is 19.1 Å². The van der Waals surface area contributed by atoms with Gasteiger partial charge in [-0.1, -0.05) is 12.1 Å². The fraction of sp³-hybridized carbons (Fsp3) is 0.435. The monoisotopic (exact) mass is 437 g/mol. The Morgan fingerprint density at radius 2 is 1.78 bits per heavy atom. The molecule has 2 atom stereocenters. The molecule has 9 nitrogen and oxygen atoms in total. The number of hydrogen-bond donors (Lipinski definition) is 0. The number of benzene rings is 1. The summed E-state index contributed by atoms with van der Waals surface area (Å²) in [7, 11) is 5.02. The van der Waals surface area contributed by atoms with Crippen LogP contribution in [0.5, 0.6) is 5.75 Å². The number of methoxy groups -OCH3 is 1. The molecule has 32 heavy (non-hydrogen) atoms. The number of carbonyl (C=O) groups is 3. The van der Waals surface area contributed by atoms with Crippen LogP contribution in [0.4, 0.5) is 0 Å². The predicted molar refractivity (Wildman–Crippen MR) is 116 cm³/mol. The summed E-state index contributed by atoms with van der Waals surface area (Å²) in [6.07, 6.45) is 4.68. The Morgan fingerprint density at radius 1 is 1.09 bits per heavy atom. The number of fused-ring (bicyclic) bond motifs is 1. The molecule has 2 fully saturated rings. The number of ether oxygens (including phenoxy) is 1. The fourth-order valence-corrected chi connectivity index (χ4v) is 4.76. The number of carbonyl (C=O) groups excluding carboxylic acids is 3. The average molecular weight is 438 g/mol. The minimum Gasteiger partial charge on any atom is -0.497 e. The zero-order valence-corrected chi connectivity index (χ0v) is 18.5. The molecule has 3 amide bonds. The largest absolute Gasteiger partial charge is 0.497 e. The van der Waals surface area contributed by atoms with Gasteiger partial charge >= 0.3 is 0 Å². The maximum absolute atomic E-state index is 13.3. The molecule has 3 heterocycles. The van der Waals surface area contributed by atoms with Crippen LogP contribution in [0.1, 0.15) is 16.1 Å². The van der Waals surface area contributed by atoms with Gasteiger partial charge in [-0.25, -0.2) is 4.98 Å². The van der Waals surface area contributed by atoms with Crippen molar-refractivity contribution in [3.05, 3.63) is 54.1 Å². The summed E-state index contributed by atoms with van der Waals surface area (Å²) in [5.41, 5.74) is 0.337. The molecule has 168 valence electrons. The second-order valence-electron chi connectivity index (χ2n) is 8.63. The third-order valence-corrected chi connectivity index (χ3v) is 6.38. The zero-order chi connectivity index (χ0) is 22.9. The van der Waals surface area contributed by atoms with E-state index in [4.69, 9.17) is 4.74 Å². The number of nitrogens with zero attached hydrogens (tertiary/aromatic N) is 5. The van der Waals surface area contributed by atoms with E-state index in [1.54, 1.807) is 35.9 Å². The van der Waals surface area contributed by atoms with Crippen molar-refractivity contribution in [3.8, 4) is 5.75 Å². The van der Waals surface area contributed by atoms with Crippen molar-refractivity contribution in [2.45, 2.75) is 6.42 Å². The van der Waals surface area contributed by atoms with Crippen molar-refractivity contribution in [1.82, 2.24) is 24.7 Å². The Morgan fingerprint density at radius 3 is 2.41 bits per heavy atom. The van der Waals surface area contributed by atoms with Crippen LogP contribution < -0.4 is 4.74 Å². The third kappa shape index (κ3) is 3.90. The first-order valence-corrected chi connectivity index (χ1v) is 10.5. The highest BCUT2D eigenvalue weighted by Gasteiger charge is 2.59. The molecular weight excluding hydrogens is 410 g/mol. The first-order valence-electron chi connectivity index (χ1n) is 10.5. The van der Waals surface area contributed by atoms with E-state index in [0.29, 0.717) is 19.6 Å². The van der Waals surface area contributed by atoms with Gasteiger partial charge in [-0.05, 0) is 17.7 Å². The molecule has 2 aliphatic rings. The summed E-state index contributed by atoms with van der Waals surface area (Å²) in [5.74, 6) is 0.284. The lowest BCUT2D eigenvalue weighted by atomic mass is 9.80. The quantitative estimate of drug-likeness (QED) is 0.684. The summed E-state index contributed by atoms with van der Waals surface area (Å²) in [5, 5.41) is 0. The topological polar surface area (TPSA) is 95.9 Å². The summed E-state index contributed by atoms with van der Waals surface area (Å²) < 4.78 is 5.17. The minimum absolute atomic E-state index is 0.0256. The lowest BCUT2D eigenvalue weighted by molar-refractivity contribution is -0.140. The summed E-state index contributed by atoms with van der Waals surface area (Å²) >= 11 is 0. The molecule has 2 aromatic rings. The number of hydrogen-bond acceptors (Lipinski definition) is 6. The molecule has 4 rings (SSSR count). The van der Waals surface area contributed by atoms with Crippen LogP contribution in [0, 0.1) is 11.3 Å². The van der Waals surface area contributed by atoms with Crippen molar-refractivity contribution in [1.29, 1.82) is 0 Å². The molecule has 0 aliphatic carbocycles.